The summed E-state index contributed by atoms with van der Waals surface area (Å²) in [6, 6.07) is 16.9. The second-order valence-electron chi connectivity index (χ2n) is 7.49. The fourth-order valence-electron chi connectivity index (χ4n) is 3.68. The number of non-ortho nitro benzene ring substituents is 1. The highest BCUT2D eigenvalue weighted by molar-refractivity contribution is 6.30. The topological polar surface area (TPSA) is 103 Å². The van der Waals surface area contributed by atoms with Crippen molar-refractivity contribution >= 4 is 29.2 Å². The molecule has 0 amide bonds. The third-order valence-corrected chi connectivity index (χ3v) is 5.33. The molecule has 0 fully saturated rings. The molecule has 0 atom stereocenters. The summed E-state index contributed by atoms with van der Waals surface area (Å²) in [5.74, 6) is -0.422. The Hall–Kier alpha value is -4.46. The van der Waals surface area contributed by atoms with E-state index >= 15 is 0 Å². The fraction of sp³-hybridized carbons (Fsp3) is 0.120. The smallest absolute Gasteiger partial charge is 0.343 e. The minimum Gasteiger partial charge on any atom is -0.465 e. The highest BCUT2D eigenvalue weighted by atomic mass is 16.6. The lowest BCUT2D eigenvalue weighted by atomic mass is 10.1. The number of aryl methyl sites for hydroxylation is 1. The highest BCUT2D eigenvalue weighted by Gasteiger charge is 2.38. The number of ether oxygens (including phenoxy) is 1. The number of carbonyl (C=O) groups is 2. The normalized spacial score (nSPS) is 14.8. The average Bonchev–Trinajstić information content (AvgIpc) is 3.37. The fourth-order valence-corrected chi connectivity index (χ4v) is 3.68. The Balaban J connectivity index is 1.77. The van der Waals surface area contributed by atoms with Gasteiger partial charge in [-0.1, -0.05) is 29.8 Å². The van der Waals surface area contributed by atoms with Crippen molar-refractivity contribution in [2.45, 2.75) is 13.8 Å². The van der Waals surface area contributed by atoms with E-state index in [4.69, 9.17) is 9.15 Å². The lowest BCUT2D eigenvalue weighted by Crippen LogP contribution is -2.18. The van der Waals surface area contributed by atoms with E-state index in [1.807, 2.05) is 31.2 Å². The van der Waals surface area contributed by atoms with Gasteiger partial charge in [0, 0.05) is 35.2 Å². The molecule has 0 saturated heterocycles. The van der Waals surface area contributed by atoms with Crippen LogP contribution >= 0.6 is 0 Å². The molecule has 1 aliphatic rings. The predicted octanol–water partition coefficient (Wildman–Crippen LogP) is 5.04. The van der Waals surface area contributed by atoms with E-state index in [9.17, 15) is 19.7 Å². The average molecular weight is 444 g/mol. The van der Waals surface area contributed by atoms with Crippen molar-refractivity contribution in [2.75, 3.05) is 12.0 Å². The van der Waals surface area contributed by atoms with Crippen LogP contribution in [0.2, 0.25) is 0 Å². The van der Waals surface area contributed by atoms with Gasteiger partial charge in [-0.05, 0) is 38.1 Å². The van der Waals surface area contributed by atoms with Gasteiger partial charge in [0.25, 0.3) is 5.69 Å². The first-order valence-electron chi connectivity index (χ1n) is 10.1. The van der Waals surface area contributed by atoms with Crippen LogP contribution in [0.15, 0.2) is 82.0 Å². The lowest BCUT2D eigenvalue weighted by molar-refractivity contribution is -0.384. The van der Waals surface area contributed by atoms with E-state index in [0.717, 1.165) is 5.56 Å². The minimum atomic E-state index is -0.713. The number of hydrogen-bond donors (Lipinski definition) is 0. The number of anilines is 1. The standard InChI is InChI=1S/C25H20N2O6/c1-15-7-9-18(10-8-15)26-16(2)23(25(29)32-3)24(28)21(26)14-20-11-12-22(33-20)17-5-4-6-19(13-17)27(30)31/h4-14H,1-3H3/b21-14-. The Morgan fingerprint density at radius 2 is 1.82 bits per heavy atom. The number of hydrogen-bond acceptors (Lipinski definition) is 7. The molecule has 1 aromatic heterocycles. The van der Waals surface area contributed by atoms with Crippen LogP contribution in [0, 0.1) is 17.0 Å². The van der Waals surface area contributed by atoms with Crippen molar-refractivity contribution in [1.82, 2.24) is 0 Å². The van der Waals surface area contributed by atoms with Crippen LogP contribution in [0.25, 0.3) is 17.4 Å². The predicted molar refractivity (Wildman–Crippen MR) is 122 cm³/mol. The summed E-state index contributed by atoms with van der Waals surface area (Å²) in [7, 11) is 1.23. The third kappa shape index (κ3) is 4.06. The Morgan fingerprint density at radius 3 is 2.48 bits per heavy atom. The molecule has 0 N–H and O–H groups in total. The summed E-state index contributed by atoms with van der Waals surface area (Å²) in [4.78, 5) is 37.8. The van der Waals surface area contributed by atoms with Crippen molar-refractivity contribution in [2.24, 2.45) is 0 Å². The number of furan rings is 1. The molecule has 2 aromatic carbocycles. The van der Waals surface area contributed by atoms with Gasteiger partial charge < -0.3 is 14.1 Å². The summed E-state index contributed by atoms with van der Waals surface area (Å²) in [5, 5.41) is 11.1. The summed E-state index contributed by atoms with van der Waals surface area (Å²) < 4.78 is 10.7. The largest absolute Gasteiger partial charge is 0.465 e. The van der Waals surface area contributed by atoms with Crippen LogP contribution in [-0.2, 0) is 14.3 Å². The summed E-state index contributed by atoms with van der Waals surface area (Å²) in [6.45, 7) is 3.64. The number of nitro benzene ring substituents is 1. The van der Waals surface area contributed by atoms with Gasteiger partial charge in [-0.25, -0.2) is 4.79 Å². The van der Waals surface area contributed by atoms with E-state index in [1.54, 1.807) is 42.2 Å². The number of methoxy groups -OCH3 is 1. The van der Waals surface area contributed by atoms with Crippen LogP contribution in [0.3, 0.4) is 0 Å². The highest BCUT2D eigenvalue weighted by Crippen LogP contribution is 2.36. The maximum absolute atomic E-state index is 13.2. The van der Waals surface area contributed by atoms with Gasteiger partial charge in [0.1, 0.15) is 17.1 Å². The second kappa shape index (κ2) is 8.58. The summed E-state index contributed by atoms with van der Waals surface area (Å²) in [6.07, 6.45) is 1.54. The van der Waals surface area contributed by atoms with E-state index in [-0.39, 0.29) is 17.0 Å². The van der Waals surface area contributed by atoms with Gasteiger partial charge in [-0.2, -0.15) is 0 Å². The van der Waals surface area contributed by atoms with Gasteiger partial charge in [0.15, 0.2) is 0 Å². The van der Waals surface area contributed by atoms with Crippen molar-refractivity contribution in [3.8, 4) is 11.3 Å². The van der Waals surface area contributed by atoms with E-state index in [0.29, 0.717) is 28.5 Å². The maximum Gasteiger partial charge on any atom is 0.343 e. The molecule has 166 valence electrons. The molecule has 0 radical (unpaired) electrons. The molecule has 0 saturated carbocycles. The zero-order chi connectivity index (χ0) is 23.7. The first-order chi connectivity index (χ1) is 15.8. The van der Waals surface area contributed by atoms with Crippen LogP contribution in [0.1, 0.15) is 18.2 Å². The number of Topliss-reactive ketones (excluding diaryl/α,β-unsaturated/α-hetero) is 1. The van der Waals surface area contributed by atoms with Gasteiger partial charge in [0.2, 0.25) is 5.78 Å². The second-order valence-corrected chi connectivity index (χ2v) is 7.49. The van der Waals surface area contributed by atoms with E-state index in [1.165, 1.54) is 19.2 Å². The molecule has 0 bridgehead atoms. The van der Waals surface area contributed by atoms with E-state index in [2.05, 4.69) is 0 Å². The van der Waals surface area contributed by atoms with Crippen LogP contribution in [0.4, 0.5) is 11.4 Å². The first kappa shape index (κ1) is 21.8. The molecule has 0 aliphatic carbocycles. The molecule has 3 aromatic rings. The Morgan fingerprint density at radius 1 is 1.09 bits per heavy atom. The molecule has 0 spiro atoms. The Bertz CT molecular complexity index is 1330. The van der Waals surface area contributed by atoms with Crippen LogP contribution in [0.5, 0.6) is 0 Å². The molecule has 2 heterocycles. The zero-order valence-corrected chi connectivity index (χ0v) is 18.2. The van der Waals surface area contributed by atoms with E-state index < -0.39 is 16.7 Å². The quantitative estimate of drug-likeness (QED) is 0.179. The number of rotatable bonds is 5. The van der Waals surface area contributed by atoms with Gasteiger partial charge in [-0.3, -0.25) is 14.9 Å². The van der Waals surface area contributed by atoms with Gasteiger partial charge in [-0.15, -0.1) is 0 Å². The lowest BCUT2D eigenvalue weighted by Gasteiger charge is -2.21. The number of benzene rings is 2. The Labute approximate surface area is 189 Å². The number of carbonyl (C=O) groups excluding carboxylic acids is 2. The van der Waals surface area contributed by atoms with Crippen molar-refractivity contribution < 1.29 is 23.7 Å². The van der Waals surface area contributed by atoms with Crippen molar-refractivity contribution in [3.63, 3.8) is 0 Å². The first-order valence-corrected chi connectivity index (χ1v) is 10.1. The summed E-state index contributed by atoms with van der Waals surface area (Å²) >= 11 is 0. The molecule has 8 nitrogen and oxygen atoms in total. The molecule has 33 heavy (non-hydrogen) atoms. The Kier molecular flexibility index (Phi) is 5.66. The van der Waals surface area contributed by atoms with Crippen LogP contribution in [-0.4, -0.2) is 23.8 Å². The molecular formula is C25H20N2O6. The third-order valence-electron chi connectivity index (χ3n) is 5.33. The van der Waals surface area contributed by atoms with Gasteiger partial charge >= 0.3 is 5.97 Å². The maximum atomic E-state index is 13.2. The zero-order valence-electron chi connectivity index (χ0n) is 18.2. The molecule has 8 heteroatoms. The number of nitro groups is 1. The SMILES string of the molecule is COC(=O)C1=C(C)N(c2ccc(C)cc2)/C(=C\c2ccc(-c3cccc([N+](=O)[O-])c3)o2)C1=O. The number of ketones is 1. The molecule has 1 aliphatic heterocycles. The summed E-state index contributed by atoms with van der Waals surface area (Å²) in [5.41, 5.74) is 2.88. The molecular weight excluding hydrogens is 424 g/mol. The van der Waals surface area contributed by atoms with Crippen LogP contribution < -0.4 is 4.90 Å². The van der Waals surface area contributed by atoms with Crippen molar-refractivity contribution in [3.05, 3.63) is 99.1 Å². The number of nitrogens with zero attached hydrogens (tertiary/aromatic N) is 2. The monoisotopic (exact) mass is 444 g/mol. The number of allylic oxidation sites excluding steroid dienone is 2. The molecule has 4 rings (SSSR count). The number of esters is 1. The van der Waals surface area contributed by atoms with Gasteiger partial charge in [0.05, 0.1) is 17.7 Å². The van der Waals surface area contributed by atoms with Crippen molar-refractivity contribution in [1.29, 1.82) is 0 Å². The minimum absolute atomic E-state index is 0.0465. The molecule has 0 unspecified atom stereocenters.